The van der Waals surface area contributed by atoms with Gasteiger partial charge in [-0.2, -0.15) is 0 Å². The van der Waals surface area contributed by atoms with Crippen LogP contribution >= 0.6 is 23.4 Å². The van der Waals surface area contributed by atoms with Crippen molar-refractivity contribution in [3.8, 4) is 5.75 Å². The Morgan fingerprint density at radius 1 is 0.903 bits per heavy atom. The summed E-state index contributed by atoms with van der Waals surface area (Å²) in [5.74, 6) is -0.0944. The summed E-state index contributed by atoms with van der Waals surface area (Å²) in [5, 5.41) is 0.609. The van der Waals surface area contributed by atoms with E-state index in [0.29, 0.717) is 26.8 Å². The number of carbonyl (C=O) groups excluding carboxylic acids is 2. The van der Waals surface area contributed by atoms with Crippen molar-refractivity contribution in [2.24, 2.45) is 0 Å². The van der Waals surface area contributed by atoms with Gasteiger partial charge in [0.2, 0.25) is 0 Å². The molecule has 1 aliphatic heterocycles. The van der Waals surface area contributed by atoms with Gasteiger partial charge in [-0.15, -0.1) is 0 Å². The summed E-state index contributed by atoms with van der Waals surface area (Å²) in [4.78, 5) is 29.4. The molecule has 1 heterocycles. The monoisotopic (exact) mass is 449 g/mol. The highest BCUT2D eigenvalue weighted by Crippen LogP contribution is 2.42. The second kappa shape index (κ2) is 9.00. The Hall–Kier alpha value is -3.02. The molecule has 4 rings (SSSR count). The van der Waals surface area contributed by atoms with E-state index in [0.717, 1.165) is 16.0 Å². The van der Waals surface area contributed by atoms with Crippen LogP contribution in [0.3, 0.4) is 0 Å². The molecule has 0 radical (unpaired) electrons. The first-order valence-corrected chi connectivity index (χ1v) is 10.9. The third kappa shape index (κ3) is 4.38. The SMILES string of the molecule is COc1ccccc1C1=C(Sc2ccc(Cl)cc2)C(=O)N(Cc2ccc(C)cc2)C1=O. The molecule has 0 saturated carbocycles. The molecule has 0 N–H and O–H groups in total. The molecule has 156 valence electrons. The lowest BCUT2D eigenvalue weighted by Gasteiger charge is -2.16. The smallest absolute Gasteiger partial charge is 0.268 e. The molecule has 4 nitrogen and oxygen atoms in total. The summed E-state index contributed by atoms with van der Waals surface area (Å²) in [5.41, 5.74) is 2.97. The van der Waals surface area contributed by atoms with Crippen molar-refractivity contribution in [3.05, 3.63) is 99.4 Å². The average Bonchev–Trinajstić information content (AvgIpc) is 3.00. The zero-order valence-corrected chi connectivity index (χ0v) is 18.7. The van der Waals surface area contributed by atoms with Crippen LogP contribution in [0, 0.1) is 6.92 Å². The largest absolute Gasteiger partial charge is 0.496 e. The highest BCUT2D eigenvalue weighted by atomic mass is 35.5. The van der Waals surface area contributed by atoms with Crippen LogP contribution in [-0.2, 0) is 16.1 Å². The third-order valence-electron chi connectivity index (χ3n) is 5.00. The fourth-order valence-electron chi connectivity index (χ4n) is 3.38. The Morgan fingerprint density at radius 3 is 2.26 bits per heavy atom. The van der Waals surface area contributed by atoms with Crippen LogP contribution in [0.5, 0.6) is 5.75 Å². The zero-order chi connectivity index (χ0) is 22.0. The standard InChI is InChI=1S/C25H20ClNO3S/c1-16-7-9-17(10-8-16)15-27-24(28)22(20-5-3-4-6-21(20)30-2)23(25(27)29)31-19-13-11-18(26)12-14-19/h3-14H,15H2,1-2H3. The van der Waals surface area contributed by atoms with E-state index < -0.39 is 0 Å². The molecule has 0 aromatic heterocycles. The number of ether oxygens (including phenoxy) is 1. The Kier molecular flexibility index (Phi) is 6.16. The predicted octanol–water partition coefficient (Wildman–Crippen LogP) is 5.73. The van der Waals surface area contributed by atoms with Crippen LogP contribution < -0.4 is 4.74 Å². The minimum Gasteiger partial charge on any atom is -0.496 e. The molecule has 0 atom stereocenters. The van der Waals surface area contributed by atoms with Gasteiger partial charge in [0.1, 0.15) is 5.75 Å². The van der Waals surface area contributed by atoms with Crippen LogP contribution in [0.4, 0.5) is 0 Å². The molecular weight excluding hydrogens is 430 g/mol. The number of aryl methyl sites for hydroxylation is 1. The molecule has 31 heavy (non-hydrogen) atoms. The van der Waals surface area contributed by atoms with E-state index in [4.69, 9.17) is 16.3 Å². The van der Waals surface area contributed by atoms with Crippen molar-refractivity contribution in [1.82, 2.24) is 4.90 Å². The Bertz CT molecular complexity index is 1170. The van der Waals surface area contributed by atoms with Gasteiger partial charge in [-0.25, -0.2) is 0 Å². The molecular formula is C25H20ClNO3S. The lowest BCUT2D eigenvalue weighted by Crippen LogP contribution is -2.30. The number of benzene rings is 3. The van der Waals surface area contributed by atoms with E-state index in [-0.39, 0.29) is 18.4 Å². The summed E-state index contributed by atoms with van der Waals surface area (Å²) < 4.78 is 5.48. The average molecular weight is 450 g/mol. The highest BCUT2D eigenvalue weighted by Gasteiger charge is 2.40. The van der Waals surface area contributed by atoms with Crippen molar-refractivity contribution in [3.63, 3.8) is 0 Å². The lowest BCUT2D eigenvalue weighted by atomic mass is 10.0. The molecule has 2 amide bonds. The second-order valence-electron chi connectivity index (χ2n) is 7.14. The van der Waals surface area contributed by atoms with E-state index in [2.05, 4.69) is 0 Å². The number of methoxy groups -OCH3 is 1. The Morgan fingerprint density at radius 2 is 1.58 bits per heavy atom. The number of hydrogen-bond acceptors (Lipinski definition) is 4. The molecule has 0 saturated heterocycles. The van der Waals surface area contributed by atoms with Crippen molar-refractivity contribution >= 4 is 40.8 Å². The van der Waals surface area contributed by atoms with E-state index in [1.165, 1.54) is 16.7 Å². The summed E-state index contributed by atoms with van der Waals surface area (Å²) in [6, 6.07) is 22.3. The second-order valence-corrected chi connectivity index (χ2v) is 8.66. The van der Waals surface area contributed by atoms with Gasteiger partial charge in [-0.05, 0) is 42.8 Å². The minimum absolute atomic E-state index is 0.210. The van der Waals surface area contributed by atoms with Crippen molar-refractivity contribution in [2.75, 3.05) is 7.11 Å². The Balaban J connectivity index is 1.76. The van der Waals surface area contributed by atoms with Gasteiger partial charge < -0.3 is 4.74 Å². The number of rotatable bonds is 6. The van der Waals surface area contributed by atoms with E-state index in [9.17, 15) is 9.59 Å². The first kappa shape index (κ1) is 21.2. The zero-order valence-electron chi connectivity index (χ0n) is 17.1. The number of halogens is 1. The van der Waals surface area contributed by atoms with Gasteiger partial charge in [0, 0.05) is 15.5 Å². The molecule has 0 fully saturated rings. The first-order chi connectivity index (χ1) is 15.0. The molecule has 3 aromatic rings. The molecule has 0 spiro atoms. The van der Waals surface area contributed by atoms with Crippen LogP contribution in [0.15, 0.2) is 82.6 Å². The third-order valence-corrected chi connectivity index (χ3v) is 6.34. The molecule has 0 bridgehead atoms. The Labute approximate surface area is 190 Å². The first-order valence-electron chi connectivity index (χ1n) is 9.70. The fourth-order valence-corrected chi connectivity index (χ4v) is 4.51. The predicted molar refractivity (Wildman–Crippen MR) is 124 cm³/mol. The van der Waals surface area contributed by atoms with E-state index >= 15 is 0 Å². The van der Waals surface area contributed by atoms with Gasteiger partial charge in [0.25, 0.3) is 11.8 Å². The van der Waals surface area contributed by atoms with Crippen molar-refractivity contribution in [1.29, 1.82) is 0 Å². The van der Waals surface area contributed by atoms with Crippen LogP contribution in [0.2, 0.25) is 5.02 Å². The molecule has 3 aromatic carbocycles. The van der Waals surface area contributed by atoms with Gasteiger partial charge in [-0.1, -0.05) is 71.4 Å². The number of hydrogen-bond donors (Lipinski definition) is 0. The van der Waals surface area contributed by atoms with Gasteiger partial charge in [0.05, 0.1) is 24.1 Å². The number of para-hydroxylation sites is 1. The molecule has 0 unspecified atom stereocenters. The number of amides is 2. The van der Waals surface area contributed by atoms with Crippen molar-refractivity contribution < 1.29 is 14.3 Å². The fraction of sp³-hybridized carbons (Fsp3) is 0.120. The normalized spacial score (nSPS) is 13.8. The number of imide groups is 1. The molecule has 6 heteroatoms. The van der Waals surface area contributed by atoms with Crippen molar-refractivity contribution in [2.45, 2.75) is 18.4 Å². The molecule has 1 aliphatic rings. The maximum atomic E-state index is 13.5. The lowest BCUT2D eigenvalue weighted by molar-refractivity contribution is -0.137. The summed E-state index contributed by atoms with van der Waals surface area (Å²) in [6.07, 6.45) is 0. The molecule has 0 aliphatic carbocycles. The summed E-state index contributed by atoms with van der Waals surface area (Å²) >= 11 is 7.27. The number of nitrogens with zero attached hydrogens (tertiary/aromatic N) is 1. The van der Waals surface area contributed by atoms with Crippen LogP contribution in [-0.4, -0.2) is 23.8 Å². The maximum Gasteiger partial charge on any atom is 0.268 e. The van der Waals surface area contributed by atoms with Gasteiger partial charge in [0.15, 0.2) is 0 Å². The summed E-state index contributed by atoms with van der Waals surface area (Å²) in [7, 11) is 1.55. The summed E-state index contributed by atoms with van der Waals surface area (Å²) in [6.45, 7) is 2.21. The minimum atomic E-state index is -0.327. The van der Waals surface area contributed by atoms with E-state index in [1.807, 2.05) is 55.5 Å². The number of thioether (sulfide) groups is 1. The maximum absolute atomic E-state index is 13.5. The number of carbonyl (C=O) groups is 2. The quantitative estimate of drug-likeness (QED) is 0.451. The van der Waals surface area contributed by atoms with Gasteiger partial charge >= 0.3 is 0 Å². The van der Waals surface area contributed by atoms with E-state index in [1.54, 1.807) is 31.4 Å². The topological polar surface area (TPSA) is 46.6 Å². The van der Waals surface area contributed by atoms with Crippen LogP contribution in [0.1, 0.15) is 16.7 Å². The highest BCUT2D eigenvalue weighted by molar-refractivity contribution is 8.04. The van der Waals surface area contributed by atoms with Gasteiger partial charge in [-0.3, -0.25) is 14.5 Å². The van der Waals surface area contributed by atoms with Crippen LogP contribution in [0.25, 0.3) is 5.57 Å².